The molecule has 3 N–H and O–H groups in total. The molecule has 1 atom stereocenters. The number of thiazole rings is 1. The fourth-order valence-corrected chi connectivity index (χ4v) is 6.76. The molecule has 41 heavy (non-hydrogen) atoms. The number of ether oxygens (including phenoxy) is 1. The molecule has 2 aliphatic rings. The first-order valence-corrected chi connectivity index (χ1v) is 14.8. The molecule has 4 rings (SSSR count). The number of sulfonamides is 1. The fourth-order valence-electron chi connectivity index (χ4n) is 4.44. The lowest BCUT2D eigenvalue weighted by atomic mass is 9.80. The number of hydrogen-bond acceptors (Lipinski definition) is 7. The molecule has 17 heteroatoms. The van der Waals surface area contributed by atoms with Crippen LogP contribution in [0.1, 0.15) is 54.5 Å². The van der Waals surface area contributed by atoms with Gasteiger partial charge in [-0.3, -0.25) is 9.59 Å². The number of nitrogens with one attached hydrogen (secondary N) is 2. The van der Waals surface area contributed by atoms with Gasteiger partial charge in [-0.25, -0.2) is 17.8 Å². The molecule has 1 amide bonds. The SMILES string of the molecule is C[C@H](NS(=O)(=O)c1ccc(-c2sc(C(=O)NC3CC(C(=O)O)C3)nc2CC2CCC2)c(OC(F)F)c1F)C(F)(F)F. The van der Waals surface area contributed by atoms with Gasteiger partial charge < -0.3 is 15.2 Å². The Kier molecular flexibility index (Phi) is 8.90. The summed E-state index contributed by atoms with van der Waals surface area (Å²) < 4.78 is 112. The first-order chi connectivity index (χ1) is 19.1. The van der Waals surface area contributed by atoms with Crippen LogP contribution in [-0.2, 0) is 21.2 Å². The first kappa shape index (κ1) is 31.0. The summed E-state index contributed by atoms with van der Waals surface area (Å²) in [4.78, 5) is 26.9. The summed E-state index contributed by atoms with van der Waals surface area (Å²) in [6.45, 7) is -3.14. The van der Waals surface area contributed by atoms with E-state index in [4.69, 9.17) is 5.11 Å². The number of benzene rings is 1. The maximum Gasteiger partial charge on any atom is 0.404 e. The third-order valence-corrected chi connectivity index (χ3v) is 9.73. The van der Waals surface area contributed by atoms with Crippen molar-refractivity contribution in [2.75, 3.05) is 0 Å². The number of alkyl halides is 5. The molecule has 2 fully saturated rings. The standard InChI is InChI=1S/C24H25F6N3O6S2/c1-10(24(28,29)30)33-41(37,38)16-6-5-14(18(17(16)25)39-23(26)27)19-15(7-11-3-2-4-11)32-21(40-19)20(34)31-13-8-12(9-13)22(35)36/h5-6,10-13,23,33H,2-4,7-9H2,1H3,(H,31,34)(H,35,36)/t10-,12?,13?/m0/s1. The lowest BCUT2D eigenvalue weighted by Crippen LogP contribution is -2.46. The molecule has 0 saturated heterocycles. The van der Waals surface area contributed by atoms with Crippen LogP contribution in [-0.4, -0.2) is 55.3 Å². The topological polar surface area (TPSA) is 135 Å². The van der Waals surface area contributed by atoms with Gasteiger partial charge in [-0.15, -0.1) is 11.3 Å². The molecule has 2 saturated carbocycles. The molecule has 226 valence electrons. The van der Waals surface area contributed by atoms with Crippen molar-refractivity contribution < 1.29 is 54.2 Å². The zero-order valence-electron chi connectivity index (χ0n) is 21.3. The summed E-state index contributed by atoms with van der Waals surface area (Å²) in [6, 6.07) is -1.49. The smallest absolute Gasteiger partial charge is 0.404 e. The van der Waals surface area contributed by atoms with Crippen molar-refractivity contribution in [2.45, 2.75) is 75.2 Å². The summed E-state index contributed by atoms with van der Waals surface area (Å²) in [5, 5.41) is 11.6. The van der Waals surface area contributed by atoms with E-state index < -0.39 is 69.2 Å². The molecule has 2 aliphatic carbocycles. The van der Waals surface area contributed by atoms with Crippen LogP contribution >= 0.6 is 11.3 Å². The number of carboxylic acids is 1. The average Bonchev–Trinajstić information content (AvgIpc) is 3.21. The fraction of sp³-hybridized carbons (Fsp3) is 0.542. The zero-order valence-corrected chi connectivity index (χ0v) is 22.9. The van der Waals surface area contributed by atoms with Gasteiger partial charge in [-0.2, -0.15) is 26.7 Å². The third-order valence-electron chi connectivity index (χ3n) is 7.05. The molecule has 0 spiro atoms. The Hall–Kier alpha value is -2.92. The Morgan fingerprint density at radius 2 is 1.88 bits per heavy atom. The maximum atomic E-state index is 15.5. The molecule has 1 aromatic carbocycles. The van der Waals surface area contributed by atoms with E-state index in [0.29, 0.717) is 30.7 Å². The maximum absolute atomic E-state index is 15.5. The van der Waals surface area contributed by atoms with Crippen molar-refractivity contribution in [3.63, 3.8) is 0 Å². The van der Waals surface area contributed by atoms with Crippen LogP contribution in [0.4, 0.5) is 26.3 Å². The second-order valence-electron chi connectivity index (χ2n) is 9.99. The number of rotatable bonds is 11. The number of amides is 1. The van der Waals surface area contributed by atoms with Gasteiger partial charge in [0.25, 0.3) is 5.91 Å². The Morgan fingerprint density at radius 1 is 1.22 bits per heavy atom. The largest absolute Gasteiger partial charge is 0.481 e. The second kappa shape index (κ2) is 11.8. The zero-order chi connectivity index (χ0) is 30.3. The van der Waals surface area contributed by atoms with Gasteiger partial charge in [0, 0.05) is 11.6 Å². The van der Waals surface area contributed by atoms with Crippen molar-refractivity contribution in [1.82, 2.24) is 15.0 Å². The summed E-state index contributed by atoms with van der Waals surface area (Å²) in [7, 11) is -5.17. The average molecular weight is 630 g/mol. The number of hydrogen-bond donors (Lipinski definition) is 3. The molecule has 2 aromatic rings. The lowest BCUT2D eigenvalue weighted by molar-refractivity contribution is -0.147. The predicted molar refractivity (Wildman–Crippen MR) is 133 cm³/mol. The molecular formula is C24H25F6N3O6S2. The van der Waals surface area contributed by atoms with E-state index in [1.165, 1.54) is 4.72 Å². The van der Waals surface area contributed by atoms with Crippen molar-refractivity contribution >= 4 is 33.2 Å². The number of halogens is 6. The van der Waals surface area contributed by atoms with Crippen LogP contribution < -0.4 is 14.8 Å². The van der Waals surface area contributed by atoms with E-state index in [1.54, 1.807) is 0 Å². The van der Waals surface area contributed by atoms with Gasteiger partial charge in [0.05, 0.1) is 16.5 Å². The van der Waals surface area contributed by atoms with E-state index in [9.17, 15) is 40.0 Å². The van der Waals surface area contributed by atoms with Gasteiger partial charge >= 0.3 is 18.8 Å². The van der Waals surface area contributed by atoms with Crippen molar-refractivity contribution in [3.05, 3.63) is 28.7 Å². The Balaban J connectivity index is 1.72. The molecule has 1 aromatic heterocycles. The van der Waals surface area contributed by atoms with Crippen molar-refractivity contribution in [2.24, 2.45) is 11.8 Å². The molecule has 0 radical (unpaired) electrons. The van der Waals surface area contributed by atoms with Crippen molar-refractivity contribution in [3.8, 4) is 16.2 Å². The minimum absolute atomic E-state index is 0.0502. The molecule has 0 aliphatic heterocycles. The van der Waals surface area contributed by atoms with E-state index >= 15 is 4.39 Å². The molecule has 0 unspecified atom stereocenters. The number of aromatic nitrogens is 1. The summed E-state index contributed by atoms with van der Waals surface area (Å²) in [5.74, 6) is -5.17. The van der Waals surface area contributed by atoms with E-state index in [0.717, 1.165) is 25.3 Å². The number of carboxylic acid groups (broad SMARTS) is 1. The van der Waals surface area contributed by atoms with Crippen LogP contribution in [0, 0.1) is 17.7 Å². The number of aliphatic carboxylic acids is 1. The summed E-state index contributed by atoms with van der Waals surface area (Å²) in [6.07, 6.45) is -1.70. The van der Waals surface area contributed by atoms with Crippen LogP contribution in [0.15, 0.2) is 17.0 Å². The Bertz CT molecular complexity index is 1420. The highest BCUT2D eigenvalue weighted by Crippen LogP contribution is 2.43. The molecular weight excluding hydrogens is 604 g/mol. The van der Waals surface area contributed by atoms with Crippen LogP contribution in [0.2, 0.25) is 0 Å². The van der Waals surface area contributed by atoms with Gasteiger partial charge in [0.15, 0.2) is 16.6 Å². The lowest BCUT2D eigenvalue weighted by Gasteiger charge is -2.32. The van der Waals surface area contributed by atoms with E-state index in [-0.39, 0.29) is 39.9 Å². The van der Waals surface area contributed by atoms with Crippen molar-refractivity contribution in [1.29, 1.82) is 0 Å². The van der Waals surface area contributed by atoms with Gasteiger partial charge in [0.1, 0.15) is 10.9 Å². The van der Waals surface area contributed by atoms with Crippen LogP contribution in [0.25, 0.3) is 10.4 Å². The minimum atomic E-state index is -5.17. The van der Waals surface area contributed by atoms with Gasteiger partial charge in [0.2, 0.25) is 10.0 Å². The minimum Gasteiger partial charge on any atom is -0.481 e. The number of nitrogens with zero attached hydrogens (tertiary/aromatic N) is 1. The second-order valence-corrected chi connectivity index (χ2v) is 12.7. The quantitative estimate of drug-likeness (QED) is 0.307. The van der Waals surface area contributed by atoms with E-state index in [1.807, 2.05) is 0 Å². The molecule has 9 nitrogen and oxygen atoms in total. The van der Waals surface area contributed by atoms with Crippen LogP contribution in [0.3, 0.4) is 0 Å². The Labute approximate surface area is 234 Å². The van der Waals surface area contributed by atoms with Gasteiger partial charge in [-0.1, -0.05) is 19.3 Å². The number of carbonyl (C=O) groups is 2. The third kappa shape index (κ3) is 6.94. The highest BCUT2D eigenvalue weighted by atomic mass is 32.2. The highest BCUT2D eigenvalue weighted by Gasteiger charge is 2.40. The summed E-state index contributed by atoms with van der Waals surface area (Å²) >= 11 is 0.713. The van der Waals surface area contributed by atoms with Gasteiger partial charge in [-0.05, 0) is 44.2 Å². The number of carbonyl (C=O) groups excluding carboxylic acids is 1. The highest BCUT2D eigenvalue weighted by molar-refractivity contribution is 7.89. The molecule has 1 heterocycles. The normalized spacial score (nSPS) is 20.3. The Morgan fingerprint density at radius 3 is 2.41 bits per heavy atom. The molecule has 0 bridgehead atoms. The monoisotopic (exact) mass is 629 g/mol. The first-order valence-electron chi connectivity index (χ1n) is 12.5. The van der Waals surface area contributed by atoms with E-state index in [2.05, 4.69) is 15.0 Å². The summed E-state index contributed by atoms with van der Waals surface area (Å²) in [5.41, 5.74) is -0.106. The van der Waals surface area contributed by atoms with Crippen LogP contribution in [0.5, 0.6) is 5.75 Å². The predicted octanol–water partition coefficient (Wildman–Crippen LogP) is 4.72.